The van der Waals surface area contributed by atoms with Gasteiger partial charge in [-0.1, -0.05) is 0 Å². The van der Waals surface area contributed by atoms with Crippen LogP contribution >= 0.6 is 11.3 Å². The normalized spacial score (nSPS) is 16.6. The van der Waals surface area contributed by atoms with Crippen molar-refractivity contribution in [1.29, 1.82) is 0 Å². The van der Waals surface area contributed by atoms with Crippen LogP contribution in [0.3, 0.4) is 0 Å². The molecule has 6 nitrogen and oxygen atoms in total. The average molecular weight is 382 g/mol. The number of aromatic nitrogens is 4. The molecule has 1 fully saturated rings. The predicted molar refractivity (Wildman–Crippen MR) is 105 cm³/mol. The van der Waals surface area contributed by atoms with Crippen LogP contribution in [0.2, 0.25) is 0 Å². The van der Waals surface area contributed by atoms with Gasteiger partial charge in [0.25, 0.3) is 5.91 Å². The van der Waals surface area contributed by atoms with Crippen LogP contribution in [0.15, 0.2) is 23.0 Å². The summed E-state index contributed by atoms with van der Waals surface area (Å²) in [5, 5.41) is 8.70. The molecule has 3 aromatic rings. The van der Waals surface area contributed by atoms with Gasteiger partial charge in [-0.05, 0) is 37.1 Å². The zero-order chi connectivity index (χ0) is 18.5. The SMILES string of the molecule is Cc1cnc(-c2nn(C)c3c2CN(C(=O)c2ccsc2)CC3)n1CC1CC1. The summed E-state index contributed by atoms with van der Waals surface area (Å²) in [7, 11) is 2.00. The van der Waals surface area contributed by atoms with Gasteiger partial charge in [0.05, 0.1) is 12.1 Å². The van der Waals surface area contributed by atoms with Gasteiger partial charge in [-0.3, -0.25) is 9.48 Å². The molecule has 0 atom stereocenters. The van der Waals surface area contributed by atoms with Crippen molar-refractivity contribution < 1.29 is 4.79 Å². The molecule has 0 spiro atoms. The number of rotatable bonds is 4. The summed E-state index contributed by atoms with van der Waals surface area (Å²) in [6.45, 7) is 4.46. The molecule has 2 aliphatic rings. The number of hydrogen-bond donors (Lipinski definition) is 0. The van der Waals surface area contributed by atoms with Gasteiger partial charge in [-0.15, -0.1) is 0 Å². The number of carbonyl (C=O) groups excluding carboxylic acids is 1. The maximum atomic E-state index is 12.8. The molecule has 7 heteroatoms. The molecule has 140 valence electrons. The largest absolute Gasteiger partial charge is 0.334 e. The van der Waals surface area contributed by atoms with Crippen molar-refractivity contribution in [3.63, 3.8) is 0 Å². The lowest BCUT2D eigenvalue weighted by Crippen LogP contribution is -2.36. The monoisotopic (exact) mass is 381 g/mol. The van der Waals surface area contributed by atoms with E-state index in [0.717, 1.165) is 48.1 Å². The fraction of sp³-hybridized carbons (Fsp3) is 0.450. The predicted octanol–water partition coefficient (Wildman–Crippen LogP) is 3.26. The Bertz CT molecular complexity index is 996. The number of hydrogen-bond acceptors (Lipinski definition) is 4. The summed E-state index contributed by atoms with van der Waals surface area (Å²) in [5.41, 5.74) is 5.26. The molecule has 0 bridgehead atoms. The zero-order valence-corrected chi connectivity index (χ0v) is 16.5. The van der Waals surface area contributed by atoms with Gasteiger partial charge >= 0.3 is 0 Å². The summed E-state index contributed by atoms with van der Waals surface area (Å²) in [6, 6.07) is 1.90. The maximum Gasteiger partial charge on any atom is 0.255 e. The molecule has 0 unspecified atom stereocenters. The molecular weight excluding hydrogens is 358 g/mol. The molecule has 1 amide bonds. The van der Waals surface area contributed by atoms with Crippen molar-refractivity contribution in [2.45, 2.75) is 39.3 Å². The fourth-order valence-corrected chi connectivity index (χ4v) is 4.58. The Balaban J connectivity index is 1.51. The third-order valence-corrected chi connectivity index (χ3v) is 6.39. The summed E-state index contributed by atoms with van der Waals surface area (Å²) in [4.78, 5) is 19.5. The van der Waals surface area contributed by atoms with Gasteiger partial charge in [0.15, 0.2) is 5.82 Å². The van der Waals surface area contributed by atoms with E-state index in [4.69, 9.17) is 10.1 Å². The Labute approximate surface area is 162 Å². The molecule has 3 aromatic heterocycles. The number of amides is 1. The molecule has 4 heterocycles. The van der Waals surface area contributed by atoms with E-state index < -0.39 is 0 Å². The van der Waals surface area contributed by atoms with E-state index >= 15 is 0 Å². The molecule has 1 aliphatic carbocycles. The average Bonchev–Trinajstić information content (AvgIpc) is 3.04. The lowest BCUT2D eigenvalue weighted by molar-refractivity contribution is 0.0734. The van der Waals surface area contributed by atoms with E-state index in [1.807, 2.05) is 39.7 Å². The Morgan fingerprint density at radius 2 is 2.22 bits per heavy atom. The molecule has 1 aliphatic heterocycles. The Kier molecular flexibility index (Phi) is 3.93. The first kappa shape index (κ1) is 16.7. The van der Waals surface area contributed by atoms with Crippen LogP contribution in [0.1, 0.15) is 40.2 Å². The second-order valence-corrected chi connectivity index (χ2v) is 8.44. The highest BCUT2D eigenvalue weighted by atomic mass is 32.1. The van der Waals surface area contributed by atoms with Crippen molar-refractivity contribution in [1.82, 2.24) is 24.2 Å². The van der Waals surface area contributed by atoms with Crippen molar-refractivity contribution >= 4 is 17.2 Å². The van der Waals surface area contributed by atoms with Crippen molar-refractivity contribution in [3.8, 4) is 11.5 Å². The highest BCUT2D eigenvalue weighted by Gasteiger charge is 2.31. The third-order valence-electron chi connectivity index (χ3n) is 5.70. The summed E-state index contributed by atoms with van der Waals surface area (Å²) in [5.74, 6) is 1.82. The van der Waals surface area contributed by atoms with Crippen molar-refractivity contribution in [3.05, 3.63) is 45.5 Å². The maximum absolute atomic E-state index is 12.8. The number of aryl methyl sites for hydroxylation is 2. The molecular formula is C20H23N5OS. The van der Waals surface area contributed by atoms with Gasteiger partial charge in [-0.25, -0.2) is 4.98 Å². The van der Waals surface area contributed by atoms with E-state index in [0.29, 0.717) is 6.54 Å². The van der Waals surface area contributed by atoms with Gasteiger partial charge < -0.3 is 9.47 Å². The standard InChI is InChI=1S/C20H23N5OS/c1-13-9-21-19(25(13)10-14-3-4-14)18-16-11-24(7-5-17(16)23(2)22-18)20(26)15-6-8-27-12-15/h6,8-9,12,14H,3-5,7,10-11H2,1-2H3. The van der Waals surface area contributed by atoms with E-state index in [1.54, 1.807) is 11.3 Å². The van der Waals surface area contributed by atoms with E-state index in [2.05, 4.69) is 11.5 Å². The molecule has 0 aromatic carbocycles. The first-order valence-electron chi connectivity index (χ1n) is 9.50. The second kappa shape index (κ2) is 6.34. The first-order chi connectivity index (χ1) is 13.1. The Hall–Kier alpha value is -2.41. The topological polar surface area (TPSA) is 56.0 Å². The van der Waals surface area contributed by atoms with Gasteiger partial charge in [0.2, 0.25) is 0 Å². The highest BCUT2D eigenvalue weighted by Crippen LogP contribution is 2.35. The number of thiophene rings is 1. The quantitative estimate of drug-likeness (QED) is 0.697. The van der Waals surface area contributed by atoms with Crippen LogP contribution < -0.4 is 0 Å². The molecule has 0 N–H and O–H groups in total. The molecule has 5 rings (SSSR count). The van der Waals surface area contributed by atoms with E-state index in [9.17, 15) is 4.79 Å². The minimum Gasteiger partial charge on any atom is -0.334 e. The van der Waals surface area contributed by atoms with Crippen LogP contribution in [0.4, 0.5) is 0 Å². The van der Waals surface area contributed by atoms with Gasteiger partial charge in [0, 0.05) is 55.1 Å². The number of carbonyl (C=O) groups is 1. The lowest BCUT2D eigenvalue weighted by atomic mass is 10.0. The fourth-order valence-electron chi connectivity index (χ4n) is 3.95. The van der Waals surface area contributed by atoms with Crippen LogP contribution in [0.5, 0.6) is 0 Å². The van der Waals surface area contributed by atoms with Crippen LogP contribution in [0, 0.1) is 12.8 Å². The van der Waals surface area contributed by atoms with Crippen LogP contribution in [0.25, 0.3) is 11.5 Å². The summed E-state index contributed by atoms with van der Waals surface area (Å²) >= 11 is 1.56. The highest BCUT2D eigenvalue weighted by molar-refractivity contribution is 7.08. The Morgan fingerprint density at radius 3 is 2.96 bits per heavy atom. The van der Waals surface area contributed by atoms with Crippen LogP contribution in [-0.2, 0) is 26.6 Å². The smallest absolute Gasteiger partial charge is 0.255 e. The van der Waals surface area contributed by atoms with Crippen molar-refractivity contribution in [2.75, 3.05) is 6.54 Å². The summed E-state index contributed by atoms with van der Waals surface area (Å²) < 4.78 is 4.28. The van der Waals surface area contributed by atoms with Crippen molar-refractivity contribution in [2.24, 2.45) is 13.0 Å². The number of imidazole rings is 1. The molecule has 0 saturated heterocycles. The third kappa shape index (κ3) is 2.90. The second-order valence-electron chi connectivity index (χ2n) is 7.66. The first-order valence-corrected chi connectivity index (χ1v) is 10.4. The van der Waals surface area contributed by atoms with Crippen LogP contribution in [-0.4, -0.2) is 36.7 Å². The lowest BCUT2D eigenvalue weighted by Gasteiger charge is -2.27. The number of fused-ring (bicyclic) bond motifs is 1. The molecule has 27 heavy (non-hydrogen) atoms. The summed E-state index contributed by atoms with van der Waals surface area (Å²) in [6.07, 6.45) is 5.38. The Morgan fingerprint density at radius 1 is 1.37 bits per heavy atom. The zero-order valence-electron chi connectivity index (χ0n) is 15.7. The van der Waals surface area contributed by atoms with E-state index in [1.165, 1.54) is 24.2 Å². The molecule has 1 saturated carbocycles. The molecule has 0 radical (unpaired) electrons. The van der Waals surface area contributed by atoms with Gasteiger partial charge in [0.1, 0.15) is 5.69 Å². The van der Waals surface area contributed by atoms with Gasteiger partial charge in [-0.2, -0.15) is 16.4 Å². The minimum absolute atomic E-state index is 0.106. The van der Waals surface area contributed by atoms with E-state index in [-0.39, 0.29) is 5.91 Å². The minimum atomic E-state index is 0.106. The number of nitrogens with zero attached hydrogens (tertiary/aromatic N) is 5.